The zero-order valence-electron chi connectivity index (χ0n) is 16.3. The Morgan fingerprint density at radius 1 is 1.14 bits per heavy atom. The number of fused-ring (bicyclic) bond motifs is 1. The van der Waals surface area contributed by atoms with Crippen LogP contribution in [0.3, 0.4) is 0 Å². The van der Waals surface area contributed by atoms with Gasteiger partial charge in [0.15, 0.2) is 0 Å². The van der Waals surface area contributed by atoms with Crippen molar-refractivity contribution in [2.24, 2.45) is 5.73 Å². The minimum atomic E-state index is -4.37. The number of ether oxygens (including phenoxy) is 1. The van der Waals surface area contributed by atoms with E-state index in [0.717, 1.165) is 35.4 Å². The molecule has 0 radical (unpaired) electrons. The summed E-state index contributed by atoms with van der Waals surface area (Å²) < 4.78 is 44.1. The summed E-state index contributed by atoms with van der Waals surface area (Å²) in [5, 5.41) is 0. The lowest BCUT2D eigenvalue weighted by atomic mass is 9.99. The van der Waals surface area contributed by atoms with Gasteiger partial charge >= 0.3 is 6.18 Å². The predicted molar refractivity (Wildman–Crippen MR) is 104 cm³/mol. The van der Waals surface area contributed by atoms with Crippen molar-refractivity contribution in [3.8, 4) is 5.75 Å². The van der Waals surface area contributed by atoms with Gasteiger partial charge in [-0.05, 0) is 67.3 Å². The molecule has 0 saturated carbocycles. The molecule has 29 heavy (non-hydrogen) atoms. The monoisotopic (exact) mass is 406 g/mol. The number of halogens is 3. The van der Waals surface area contributed by atoms with E-state index in [2.05, 4.69) is 0 Å². The number of hydrogen-bond donors (Lipinski definition) is 1. The van der Waals surface area contributed by atoms with Gasteiger partial charge < -0.3 is 15.4 Å². The molecule has 0 unspecified atom stereocenters. The number of carbonyl (C=O) groups excluding carboxylic acids is 1. The van der Waals surface area contributed by atoms with Crippen molar-refractivity contribution in [2.45, 2.75) is 44.9 Å². The van der Waals surface area contributed by atoms with E-state index in [1.807, 2.05) is 25.1 Å². The summed E-state index contributed by atoms with van der Waals surface area (Å²) in [6.45, 7) is 3.28. The van der Waals surface area contributed by atoms with E-state index in [1.165, 1.54) is 12.1 Å². The van der Waals surface area contributed by atoms with E-state index in [-0.39, 0.29) is 18.5 Å². The lowest BCUT2D eigenvalue weighted by Crippen LogP contribution is -2.31. The van der Waals surface area contributed by atoms with Crippen LogP contribution in [-0.2, 0) is 23.9 Å². The molecule has 0 aliphatic carbocycles. The molecule has 2 N–H and O–H groups in total. The van der Waals surface area contributed by atoms with Crippen molar-refractivity contribution < 1.29 is 22.7 Å². The van der Waals surface area contributed by atoms with Gasteiger partial charge in [0.25, 0.3) is 0 Å². The average molecular weight is 406 g/mol. The van der Waals surface area contributed by atoms with Crippen molar-refractivity contribution in [3.05, 3.63) is 64.7 Å². The standard InChI is InChI=1S/C22H25F3N2O2/c1-15-20-13-19(29-12-2-11-26)9-5-17(20)6-10-21(28)27(15)14-16-3-7-18(8-4-16)22(23,24)25/h3-5,7-9,13,15H,2,6,10-12,14,26H2,1H3/t15-/m0/s1. The van der Waals surface area contributed by atoms with Crippen molar-refractivity contribution in [1.82, 2.24) is 4.90 Å². The van der Waals surface area contributed by atoms with Gasteiger partial charge in [0.1, 0.15) is 5.75 Å². The lowest BCUT2D eigenvalue weighted by Gasteiger charge is -2.29. The number of alkyl halides is 3. The molecule has 2 aromatic rings. The first-order valence-corrected chi connectivity index (χ1v) is 9.71. The Kier molecular flexibility index (Phi) is 6.47. The zero-order valence-corrected chi connectivity index (χ0v) is 16.3. The Bertz CT molecular complexity index is 850. The van der Waals surface area contributed by atoms with Crippen molar-refractivity contribution >= 4 is 5.91 Å². The Morgan fingerprint density at radius 3 is 2.52 bits per heavy atom. The van der Waals surface area contributed by atoms with Crippen LogP contribution in [0.2, 0.25) is 0 Å². The molecule has 156 valence electrons. The number of nitrogens with two attached hydrogens (primary N) is 1. The second-order valence-corrected chi connectivity index (χ2v) is 7.24. The number of carbonyl (C=O) groups is 1. The van der Waals surface area contributed by atoms with E-state index >= 15 is 0 Å². The van der Waals surface area contributed by atoms with Crippen molar-refractivity contribution in [3.63, 3.8) is 0 Å². The van der Waals surface area contributed by atoms with Gasteiger partial charge in [-0.3, -0.25) is 4.79 Å². The molecule has 0 fully saturated rings. The summed E-state index contributed by atoms with van der Waals surface area (Å²) in [6, 6.07) is 10.6. The molecule has 1 heterocycles. The van der Waals surface area contributed by atoms with Crippen LogP contribution < -0.4 is 10.5 Å². The fraction of sp³-hybridized carbons (Fsp3) is 0.409. The number of nitrogens with zero attached hydrogens (tertiary/aromatic N) is 1. The van der Waals surface area contributed by atoms with Gasteiger partial charge in [-0.25, -0.2) is 0 Å². The van der Waals surface area contributed by atoms with Gasteiger partial charge in [0.05, 0.1) is 18.2 Å². The Hall–Kier alpha value is -2.54. The Balaban J connectivity index is 1.81. The van der Waals surface area contributed by atoms with Crippen LogP contribution in [-0.4, -0.2) is 24.0 Å². The first-order chi connectivity index (χ1) is 13.8. The Morgan fingerprint density at radius 2 is 1.86 bits per heavy atom. The van der Waals surface area contributed by atoms with Gasteiger partial charge in [0, 0.05) is 13.0 Å². The second kappa shape index (κ2) is 8.86. The molecule has 0 aromatic heterocycles. The number of aryl methyl sites for hydroxylation is 1. The zero-order chi connectivity index (χ0) is 21.0. The second-order valence-electron chi connectivity index (χ2n) is 7.24. The molecule has 7 heteroatoms. The van der Waals surface area contributed by atoms with Gasteiger partial charge in [-0.1, -0.05) is 18.2 Å². The van der Waals surface area contributed by atoms with Crippen LogP contribution >= 0.6 is 0 Å². The molecule has 4 nitrogen and oxygen atoms in total. The number of amides is 1. The highest BCUT2D eigenvalue weighted by Crippen LogP contribution is 2.34. The highest BCUT2D eigenvalue weighted by molar-refractivity contribution is 5.78. The van der Waals surface area contributed by atoms with Crippen LogP contribution in [0.4, 0.5) is 13.2 Å². The van der Waals surface area contributed by atoms with E-state index in [1.54, 1.807) is 4.90 Å². The minimum absolute atomic E-state index is 0.0146. The largest absolute Gasteiger partial charge is 0.494 e. The van der Waals surface area contributed by atoms with Gasteiger partial charge in [0.2, 0.25) is 5.91 Å². The molecule has 1 aliphatic heterocycles. The maximum absolute atomic E-state index is 12.8. The summed E-state index contributed by atoms with van der Waals surface area (Å²) >= 11 is 0. The van der Waals surface area contributed by atoms with E-state index in [0.29, 0.717) is 31.6 Å². The predicted octanol–water partition coefficient (Wildman–Crippen LogP) is 4.47. The smallest absolute Gasteiger partial charge is 0.416 e. The Labute approximate surface area is 168 Å². The summed E-state index contributed by atoms with van der Waals surface area (Å²) in [7, 11) is 0. The van der Waals surface area contributed by atoms with Crippen LogP contribution in [0.5, 0.6) is 5.75 Å². The average Bonchev–Trinajstić information content (AvgIpc) is 2.80. The third kappa shape index (κ3) is 5.09. The summed E-state index contributed by atoms with van der Waals surface area (Å²) in [6.07, 6.45) is -2.62. The quantitative estimate of drug-likeness (QED) is 0.721. The normalized spacial score (nSPS) is 17.1. The summed E-state index contributed by atoms with van der Waals surface area (Å²) in [5.74, 6) is 0.715. The van der Waals surface area contributed by atoms with Crippen molar-refractivity contribution in [2.75, 3.05) is 13.2 Å². The number of rotatable bonds is 6. The van der Waals surface area contributed by atoms with E-state index in [9.17, 15) is 18.0 Å². The van der Waals surface area contributed by atoms with Crippen LogP contribution in [0.1, 0.15) is 48.1 Å². The SMILES string of the molecule is C[C@H]1c2cc(OCCCN)ccc2CCC(=O)N1Cc1ccc(C(F)(F)F)cc1. The highest BCUT2D eigenvalue weighted by atomic mass is 19.4. The minimum Gasteiger partial charge on any atom is -0.494 e. The third-order valence-electron chi connectivity index (χ3n) is 5.21. The summed E-state index contributed by atoms with van der Waals surface area (Å²) in [5.41, 5.74) is 7.57. The first-order valence-electron chi connectivity index (χ1n) is 9.71. The molecule has 0 saturated heterocycles. The maximum Gasteiger partial charge on any atom is 0.416 e. The van der Waals surface area contributed by atoms with E-state index in [4.69, 9.17) is 10.5 Å². The lowest BCUT2D eigenvalue weighted by molar-refractivity contribution is -0.137. The molecule has 0 spiro atoms. The third-order valence-corrected chi connectivity index (χ3v) is 5.21. The maximum atomic E-state index is 12.8. The molecule has 1 atom stereocenters. The summed E-state index contributed by atoms with van der Waals surface area (Å²) in [4.78, 5) is 14.4. The molecular weight excluding hydrogens is 381 g/mol. The van der Waals surface area contributed by atoms with Crippen LogP contribution in [0.15, 0.2) is 42.5 Å². The number of benzene rings is 2. The van der Waals surface area contributed by atoms with E-state index < -0.39 is 11.7 Å². The molecule has 0 bridgehead atoms. The van der Waals surface area contributed by atoms with Gasteiger partial charge in [-0.2, -0.15) is 13.2 Å². The fourth-order valence-electron chi connectivity index (χ4n) is 3.54. The topological polar surface area (TPSA) is 55.6 Å². The van der Waals surface area contributed by atoms with Gasteiger partial charge in [-0.15, -0.1) is 0 Å². The molecule has 2 aromatic carbocycles. The number of hydrogen-bond acceptors (Lipinski definition) is 3. The molecular formula is C22H25F3N2O2. The fourth-order valence-corrected chi connectivity index (χ4v) is 3.54. The molecule has 3 rings (SSSR count). The van der Waals surface area contributed by atoms with Crippen LogP contribution in [0, 0.1) is 0 Å². The highest BCUT2D eigenvalue weighted by Gasteiger charge is 2.31. The molecule has 1 aliphatic rings. The van der Waals surface area contributed by atoms with Crippen molar-refractivity contribution in [1.29, 1.82) is 0 Å². The van der Waals surface area contributed by atoms with Crippen LogP contribution in [0.25, 0.3) is 0 Å². The molecule has 1 amide bonds. The first kappa shape index (κ1) is 21.2.